The van der Waals surface area contributed by atoms with Gasteiger partial charge in [0.05, 0.1) is 12.2 Å². The Morgan fingerprint density at radius 1 is 1.45 bits per heavy atom. The molecule has 8 nitrogen and oxygen atoms in total. The third-order valence-electron chi connectivity index (χ3n) is 3.14. The van der Waals surface area contributed by atoms with Gasteiger partial charge < -0.3 is 4.90 Å². The fourth-order valence-electron chi connectivity index (χ4n) is 1.89. The van der Waals surface area contributed by atoms with E-state index in [1.54, 1.807) is 20.9 Å². The predicted octanol–water partition coefficient (Wildman–Crippen LogP) is -0.213. The summed E-state index contributed by atoms with van der Waals surface area (Å²) in [7, 11) is 3.14. The average molecular weight is 276 g/mol. The lowest BCUT2D eigenvalue weighted by Gasteiger charge is -2.17. The van der Waals surface area contributed by atoms with Crippen LogP contribution in [0.5, 0.6) is 0 Å². The zero-order chi connectivity index (χ0) is 14.9. The Kier molecular flexibility index (Phi) is 3.64. The summed E-state index contributed by atoms with van der Waals surface area (Å²) >= 11 is 0. The number of hydrogen-bond donors (Lipinski definition) is 1. The highest BCUT2D eigenvalue weighted by atomic mass is 16.2. The van der Waals surface area contributed by atoms with Crippen LogP contribution in [0.4, 0.5) is 0 Å². The van der Waals surface area contributed by atoms with E-state index >= 15 is 0 Å². The number of rotatable bonds is 3. The average Bonchev–Trinajstić information content (AvgIpc) is 2.89. The molecule has 0 fully saturated rings. The SMILES string of the molecule is Cc1nn(C)c(=O)c(C(=O)N(C)Cc2ncn[nH]2)c1C. The van der Waals surface area contributed by atoms with Gasteiger partial charge >= 0.3 is 0 Å². The zero-order valence-corrected chi connectivity index (χ0v) is 11.8. The predicted molar refractivity (Wildman–Crippen MR) is 71.1 cm³/mol. The molecule has 1 N–H and O–H groups in total. The number of aromatic nitrogens is 5. The lowest BCUT2D eigenvalue weighted by atomic mass is 10.1. The highest BCUT2D eigenvalue weighted by molar-refractivity contribution is 5.95. The third-order valence-corrected chi connectivity index (χ3v) is 3.14. The first-order chi connectivity index (χ1) is 9.41. The highest BCUT2D eigenvalue weighted by Gasteiger charge is 2.21. The molecule has 0 atom stereocenters. The Morgan fingerprint density at radius 2 is 2.15 bits per heavy atom. The minimum absolute atomic E-state index is 0.141. The summed E-state index contributed by atoms with van der Waals surface area (Å²) in [5.41, 5.74) is 0.996. The van der Waals surface area contributed by atoms with Crippen molar-refractivity contribution in [3.05, 3.63) is 39.3 Å². The molecule has 0 aliphatic heterocycles. The maximum absolute atomic E-state index is 12.4. The van der Waals surface area contributed by atoms with Gasteiger partial charge in [-0.3, -0.25) is 14.7 Å². The van der Waals surface area contributed by atoms with Crippen molar-refractivity contribution in [2.75, 3.05) is 7.05 Å². The van der Waals surface area contributed by atoms with E-state index in [2.05, 4.69) is 20.3 Å². The quantitative estimate of drug-likeness (QED) is 0.836. The van der Waals surface area contributed by atoms with Crippen LogP contribution >= 0.6 is 0 Å². The van der Waals surface area contributed by atoms with Gasteiger partial charge in [0, 0.05) is 14.1 Å². The van der Waals surface area contributed by atoms with Crippen molar-refractivity contribution >= 4 is 5.91 Å². The molecular formula is C12H16N6O2. The van der Waals surface area contributed by atoms with E-state index < -0.39 is 5.56 Å². The van der Waals surface area contributed by atoms with Gasteiger partial charge in [0.25, 0.3) is 11.5 Å². The summed E-state index contributed by atoms with van der Waals surface area (Å²) in [6.07, 6.45) is 1.37. The lowest BCUT2D eigenvalue weighted by Crippen LogP contribution is -2.36. The van der Waals surface area contributed by atoms with Crippen LogP contribution in [0.15, 0.2) is 11.1 Å². The van der Waals surface area contributed by atoms with Gasteiger partial charge in [0.1, 0.15) is 17.7 Å². The molecule has 0 bridgehead atoms. The number of carbonyl (C=O) groups is 1. The highest BCUT2D eigenvalue weighted by Crippen LogP contribution is 2.09. The van der Waals surface area contributed by atoms with Crippen molar-refractivity contribution in [1.82, 2.24) is 29.9 Å². The van der Waals surface area contributed by atoms with Crippen molar-refractivity contribution in [3.8, 4) is 0 Å². The second-order valence-corrected chi connectivity index (χ2v) is 4.61. The second kappa shape index (κ2) is 5.24. The summed E-state index contributed by atoms with van der Waals surface area (Å²) in [5.74, 6) is 0.200. The lowest BCUT2D eigenvalue weighted by molar-refractivity contribution is 0.0778. The maximum Gasteiger partial charge on any atom is 0.279 e. The second-order valence-electron chi connectivity index (χ2n) is 4.61. The zero-order valence-electron chi connectivity index (χ0n) is 11.8. The van der Waals surface area contributed by atoms with Gasteiger partial charge in [-0.05, 0) is 19.4 Å². The first kappa shape index (κ1) is 13.9. The van der Waals surface area contributed by atoms with Crippen LogP contribution in [0, 0.1) is 13.8 Å². The van der Waals surface area contributed by atoms with Gasteiger partial charge in [0.2, 0.25) is 0 Å². The molecule has 0 aliphatic carbocycles. The number of amides is 1. The van der Waals surface area contributed by atoms with Crippen molar-refractivity contribution in [2.24, 2.45) is 7.05 Å². The van der Waals surface area contributed by atoms with Gasteiger partial charge in [-0.1, -0.05) is 0 Å². The van der Waals surface area contributed by atoms with Gasteiger partial charge in [-0.2, -0.15) is 10.2 Å². The van der Waals surface area contributed by atoms with Crippen LogP contribution in [0.1, 0.15) is 27.4 Å². The molecular weight excluding hydrogens is 260 g/mol. The van der Waals surface area contributed by atoms with Crippen molar-refractivity contribution in [1.29, 1.82) is 0 Å². The molecule has 20 heavy (non-hydrogen) atoms. The van der Waals surface area contributed by atoms with Gasteiger partial charge in [-0.25, -0.2) is 9.67 Å². The molecule has 0 saturated heterocycles. The normalized spacial score (nSPS) is 10.6. The smallest absolute Gasteiger partial charge is 0.279 e. The molecule has 2 rings (SSSR count). The number of aromatic amines is 1. The summed E-state index contributed by atoms with van der Waals surface area (Å²) in [5, 5.41) is 10.5. The molecule has 2 heterocycles. The number of hydrogen-bond acceptors (Lipinski definition) is 5. The van der Waals surface area contributed by atoms with E-state index in [9.17, 15) is 9.59 Å². The summed E-state index contributed by atoms with van der Waals surface area (Å²) in [6.45, 7) is 3.74. The number of aryl methyl sites for hydroxylation is 2. The molecule has 1 amide bonds. The Bertz CT molecular complexity index is 689. The molecule has 0 aliphatic rings. The Labute approximate surface area is 115 Å². The largest absolute Gasteiger partial charge is 0.334 e. The fourth-order valence-corrected chi connectivity index (χ4v) is 1.89. The first-order valence-corrected chi connectivity index (χ1v) is 6.06. The molecule has 0 aromatic carbocycles. The van der Waals surface area contributed by atoms with Crippen LogP contribution in [0.3, 0.4) is 0 Å². The van der Waals surface area contributed by atoms with Crippen LogP contribution in [-0.2, 0) is 13.6 Å². The first-order valence-electron chi connectivity index (χ1n) is 6.06. The number of nitrogens with zero attached hydrogens (tertiary/aromatic N) is 5. The van der Waals surface area contributed by atoms with Crippen molar-refractivity contribution < 1.29 is 4.79 Å². The van der Waals surface area contributed by atoms with E-state index in [1.807, 2.05) is 0 Å². The van der Waals surface area contributed by atoms with Crippen LogP contribution in [-0.4, -0.2) is 42.8 Å². The molecule has 0 saturated carbocycles. The summed E-state index contributed by atoms with van der Waals surface area (Å²) < 4.78 is 1.18. The topological polar surface area (TPSA) is 96.8 Å². The summed E-state index contributed by atoms with van der Waals surface area (Å²) in [4.78, 5) is 29.9. The van der Waals surface area contributed by atoms with E-state index in [4.69, 9.17) is 0 Å². The van der Waals surface area contributed by atoms with E-state index in [0.29, 0.717) is 17.1 Å². The Morgan fingerprint density at radius 3 is 2.75 bits per heavy atom. The molecule has 0 unspecified atom stereocenters. The van der Waals surface area contributed by atoms with Crippen LogP contribution in [0.2, 0.25) is 0 Å². The Balaban J connectivity index is 2.36. The Hall–Kier alpha value is -2.51. The maximum atomic E-state index is 12.4. The summed E-state index contributed by atoms with van der Waals surface area (Å²) in [6, 6.07) is 0. The fraction of sp³-hybridized carbons (Fsp3) is 0.417. The number of carbonyl (C=O) groups excluding carboxylic acids is 1. The van der Waals surface area contributed by atoms with Crippen molar-refractivity contribution in [2.45, 2.75) is 20.4 Å². The number of nitrogens with one attached hydrogen (secondary N) is 1. The van der Waals surface area contributed by atoms with E-state index in [0.717, 1.165) is 0 Å². The minimum Gasteiger partial charge on any atom is -0.334 e. The molecule has 0 radical (unpaired) electrons. The molecule has 8 heteroatoms. The standard InChI is InChI=1S/C12H16N6O2/c1-7-8(2)16-18(4)12(20)10(7)11(19)17(3)5-9-13-6-14-15-9/h6H,5H2,1-4H3,(H,13,14,15). The minimum atomic E-state index is -0.400. The molecule has 2 aromatic rings. The van der Waals surface area contributed by atoms with Crippen molar-refractivity contribution in [3.63, 3.8) is 0 Å². The number of H-pyrrole nitrogens is 1. The molecule has 2 aromatic heterocycles. The van der Waals surface area contributed by atoms with Gasteiger partial charge in [-0.15, -0.1) is 0 Å². The van der Waals surface area contributed by atoms with Crippen LogP contribution < -0.4 is 5.56 Å². The van der Waals surface area contributed by atoms with E-state index in [-0.39, 0.29) is 18.0 Å². The van der Waals surface area contributed by atoms with Crippen LogP contribution in [0.25, 0.3) is 0 Å². The van der Waals surface area contributed by atoms with E-state index in [1.165, 1.54) is 23.0 Å². The monoisotopic (exact) mass is 276 g/mol. The van der Waals surface area contributed by atoms with Gasteiger partial charge in [0.15, 0.2) is 0 Å². The molecule has 0 spiro atoms. The molecule has 106 valence electrons. The third kappa shape index (κ3) is 2.44.